The normalized spacial score (nSPS) is 10.6. The number of para-hydroxylation sites is 1. The highest BCUT2D eigenvalue weighted by atomic mass is 35.5. The lowest BCUT2D eigenvalue weighted by Gasteiger charge is -2.08. The number of fused-ring (bicyclic) bond motifs is 1. The number of aryl methyl sites for hydroxylation is 1. The van der Waals surface area contributed by atoms with Gasteiger partial charge in [-0.25, -0.2) is 9.78 Å². The van der Waals surface area contributed by atoms with Crippen LogP contribution in [0.5, 0.6) is 0 Å². The van der Waals surface area contributed by atoms with Crippen LogP contribution in [0.1, 0.15) is 15.9 Å². The van der Waals surface area contributed by atoms with Crippen LogP contribution in [0.2, 0.25) is 5.02 Å². The van der Waals surface area contributed by atoms with Crippen LogP contribution in [-0.4, -0.2) is 23.5 Å². The molecule has 0 saturated heterocycles. The van der Waals surface area contributed by atoms with Crippen molar-refractivity contribution in [2.75, 3.05) is 11.9 Å². The lowest BCUT2D eigenvalue weighted by Crippen LogP contribution is -2.21. The number of rotatable bonds is 4. The lowest BCUT2D eigenvalue weighted by molar-refractivity contribution is -0.119. The molecule has 122 valence electrons. The van der Waals surface area contributed by atoms with Crippen molar-refractivity contribution in [1.29, 1.82) is 0 Å². The number of nitrogens with zero attached hydrogens (tertiary/aromatic N) is 1. The molecule has 7 heteroatoms. The molecule has 0 unspecified atom stereocenters. The molecule has 3 aromatic rings. The highest BCUT2D eigenvalue weighted by Crippen LogP contribution is 2.20. The fourth-order valence-corrected chi connectivity index (χ4v) is 2.31. The van der Waals surface area contributed by atoms with Crippen molar-refractivity contribution in [3.8, 4) is 0 Å². The van der Waals surface area contributed by atoms with Gasteiger partial charge in [-0.05, 0) is 36.8 Å². The maximum Gasteiger partial charge on any atom is 0.340 e. The topological polar surface area (TPSA) is 81.4 Å². The molecule has 2 aromatic carbocycles. The largest absolute Gasteiger partial charge is 0.452 e. The number of anilines is 1. The average Bonchev–Trinajstić information content (AvgIpc) is 3.04. The summed E-state index contributed by atoms with van der Waals surface area (Å²) in [6.07, 6.45) is 1.25. The van der Waals surface area contributed by atoms with Crippen LogP contribution in [0.25, 0.3) is 11.1 Å². The molecular formula is C17H13ClN2O4. The number of benzene rings is 2. The van der Waals surface area contributed by atoms with Crippen LogP contribution >= 0.6 is 11.6 Å². The molecule has 1 N–H and O–H groups in total. The SMILES string of the molecule is Cc1ccc(NC(=O)COC(=O)c2cccc3ocnc23)cc1Cl. The van der Waals surface area contributed by atoms with Gasteiger partial charge in [0.05, 0.1) is 5.56 Å². The van der Waals surface area contributed by atoms with Gasteiger partial charge in [0.1, 0.15) is 5.52 Å². The van der Waals surface area contributed by atoms with E-state index in [1.54, 1.807) is 36.4 Å². The fourth-order valence-electron chi connectivity index (χ4n) is 2.13. The van der Waals surface area contributed by atoms with E-state index in [0.717, 1.165) is 5.56 Å². The van der Waals surface area contributed by atoms with Crippen molar-refractivity contribution >= 4 is 40.3 Å². The summed E-state index contributed by atoms with van der Waals surface area (Å²) in [5, 5.41) is 3.16. The van der Waals surface area contributed by atoms with E-state index in [4.69, 9.17) is 20.8 Å². The van der Waals surface area contributed by atoms with Gasteiger partial charge in [-0.3, -0.25) is 4.79 Å². The Labute approximate surface area is 142 Å². The molecule has 0 spiro atoms. The fraction of sp³-hybridized carbons (Fsp3) is 0.118. The summed E-state index contributed by atoms with van der Waals surface area (Å²) < 4.78 is 10.2. The first-order chi connectivity index (χ1) is 11.5. The Morgan fingerprint density at radius 2 is 2.12 bits per heavy atom. The van der Waals surface area contributed by atoms with Crippen molar-refractivity contribution in [3.63, 3.8) is 0 Å². The zero-order valence-corrected chi connectivity index (χ0v) is 13.5. The molecule has 6 nitrogen and oxygen atoms in total. The van der Waals surface area contributed by atoms with E-state index in [2.05, 4.69) is 10.3 Å². The highest BCUT2D eigenvalue weighted by Gasteiger charge is 2.15. The predicted octanol–water partition coefficient (Wildman–Crippen LogP) is 3.59. The summed E-state index contributed by atoms with van der Waals surface area (Å²) >= 11 is 6.00. The Bertz CT molecular complexity index is 920. The Kier molecular flexibility index (Phi) is 4.48. The van der Waals surface area contributed by atoms with Gasteiger partial charge in [-0.1, -0.05) is 23.7 Å². The van der Waals surface area contributed by atoms with E-state index in [1.807, 2.05) is 6.92 Å². The molecule has 0 aliphatic rings. The molecule has 3 rings (SSSR count). The predicted molar refractivity (Wildman–Crippen MR) is 89.1 cm³/mol. The molecule has 1 heterocycles. The maximum atomic E-state index is 12.1. The van der Waals surface area contributed by atoms with E-state index >= 15 is 0 Å². The van der Waals surface area contributed by atoms with Gasteiger partial charge in [0.25, 0.3) is 5.91 Å². The molecule has 1 amide bonds. The van der Waals surface area contributed by atoms with Crippen molar-refractivity contribution in [3.05, 3.63) is 58.9 Å². The highest BCUT2D eigenvalue weighted by molar-refractivity contribution is 6.31. The zero-order chi connectivity index (χ0) is 17.1. The Morgan fingerprint density at radius 3 is 2.92 bits per heavy atom. The Balaban J connectivity index is 1.62. The number of amides is 1. The number of aromatic nitrogens is 1. The summed E-state index contributed by atoms with van der Waals surface area (Å²) in [5.74, 6) is -1.11. The second-order valence-electron chi connectivity index (χ2n) is 5.09. The zero-order valence-electron chi connectivity index (χ0n) is 12.7. The standard InChI is InChI=1S/C17H13ClN2O4/c1-10-5-6-11(7-13(10)18)20-15(21)8-23-17(22)12-3-2-4-14-16(12)19-9-24-14/h2-7,9H,8H2,1H3,(H,20,21). The van der Waals surface area contributed by atoms with Gasteiger partial charge in [0.2, 0.25) is 0 Å². The molecule has 0 fully saturated rings. The van der Waals surface area contributed by atoms with Crippen LogP contribution in [0.4, 0.5) is 5.69 Å². The first-order valence-electron chi connectivity index (χ1n) is 7.10. The third kappa shape index (κ3) is 3.38. The Hall–Kier alpha value is -2.86. The minimum absolute atomic E-state index is 0.243. The van der Waals surface area contributed by atoms with Gasteiger partial charge in [0, 0.05) is 10.7 Å². The van der Waals surface area contributed by atoms with Gasteiger partial charge in [-0.2, -0.15) is 0 Å². The van der Waals surface area contributed by atoms with Crippen LogP contribution in [0, 0.1) is 6.92 Å². The first kappa shape index (κ1) is 16.0. The van der Waals surface area contributed by atoms with E-state index in [-0.39, 0.29) is 5.56 Å². The molecule has 24 heavy (non-hydrogen) atoms. The van der Waals surface area contributed by atoms with Gasteiger partial charge in [-0.15, -0.1) is 0 Å². The van der Waals surface area contributed by atoms with Crippen molar-refractivity contribution in [2.24, 2.45) is 0 Å². The lowest BCUT2D eigenvalue weighted by atomic mass is 10.2. The average molecular weight is 345 g/mol. The molecule has 0 saturated carbocycles. The summed E-state index contributed by atoms with van der Waals surface area (Å²) in [6.45, 7) is 1.44. The number of hydrogen-bond donors (Lipinski definition) is 1. The van der Waals surface area contributed by atoms with Crippen LogP contribution < -0.4 is 5.32 Å². The van der Waals surface area contributed by atoms with Crippen molar-refractivity contribution in [1.82, 2.24) is 4.98 Å². The second kappa shape index (κ2) is 6.72. The summed E-state index contributed by atoms with van der Waals surface area (Å²) in [7, 11) is 0. The van der Waals surface area contributed by atoms with E-state index in [9.17, 15) is 9.59 Å². The summed E-state index contributed by atoms with van der Waals surface area (Å²) in [4.78, 5) is 28.0. The quantitative estimate of drug-likeness (QED) is 0.731. The van der Waals surface area contributed by atoms with Crippen molar-refractivity contribution < 1.29 is 18.7 Å². The van der Waals surface area contributed by atoms with Gasteiger partial charge in [0.15, 0.2) is 18.6 Å². The number of ether oxygens (including phenoxy) is 1. The third-order valence-corrected chi connectivity index (χ3v) is 3.78. The molecule has 0 aliphatic heterocycles. The minimum Gasteiger partial charge on any atom is -0.452 e. The molecule has 0 atom stereocenters. The molecule has 0 aliphatic carbocycles. The number of oxazole rings is 1. The number of hydrogen-bond acceptors (Lipinski definition) is 5. The van der Waals surface area contributed by atoms with Gasteiger partial charge >= 0.3 is 5.97 Å². The monoisotopic (exact) mass is 344 g/mol. The van der Waals surface area contributed by atoms with Crippen LogP contribution in [-0.2, 0) is 9.53 Å². The third-order valence-electron chi connectivity index (χ3n) is 3.37. The van der Waals surface area contributed by atoms with Crippen LogP contribution in [0.15, 0.2) is 47.2 Å². The molecular weight excluding hydrogens is 332 g/mol. The summed E-state index contributed by atoms with van der Waals surface area (Å²) in [6, 6.07) is 10.0. The van der Waals surface area contributed by atoms with Crippen LogP contribution in [0.3, 0.4) is 0 Å². The second-order valence-corrected chi connectivity index (χ2v) is 5.50. The number of halogens is 1. The summed E-state index contributed by atoms with van der Waals surface area (Å²) in [5.41, 5.74) is 2.55. The molecule has 0 bridgehead atoms. The minimum atomic E-state index is -0.647. The van der Waals surface area contributed by atoms with E-state index in [0.29, 0.717) is 21.8 Å². The number of carbonyl (C=O) groups is 2. The molecule has 0 radical (unpaired) electrons. The maximum absolute atomic E-state index is 12.1. The Morgan fingerprint density at radius 1 is 1.29 bits per heavy atom. The number of carbonyl (C=O) groups excluding carboxylic acids is 2. The van der Waals surface area contributed by atoms with E-state index in [1.165, 1.54) is 6.39 Å². The van der Waals surface area contributed by atoms with Gasteiger partial charge < -0.3 is 14.5 Å². The molecule has 1 aromatic heterocycles. The first-order valence-corrected chi connectivity index (χ1v) is 7.48. The van der Waals surface area contributed by atoms with Crippen molar-refractivity contribution in [2.45, 2.75) is 6.92 Å². The smallest absolute Gasteiger partial charge is 0.340 e. The number of nitrogens with one attached hydrogen (secondary N) is 1. The van der Waals surface area contributed by atoms with E-state index < -0.39 is 18.5 Å². The number of esters is 1.